The fourth-order valence-corrected chi connectivity index (χ4v) is 2.65. The molecule has 1 aromatic rings. The van der Waals surface area contributed by atoms with E-state index in [0.29, 0.717) is 0 Å². The number of anilines is 1. The minimum Gasteiger partial charge on any atom is -0.412 e. The van der Waals surface area contributed by atoms with Gasteiger partial charge in [0.2, 0.25) is 0 Å². The smallest absolute Gasteiger partial charge is 0.412 e. The van der Waals surface area contributed by atoms with Gasteiger partial charge in [-0.15, -0.1) is 0 Å². The van der Waals surface area contributed by atoms with Gasteiger partial charge in [-0.2, -0.15) is 39.2 Å². The van der Waals surface area contributed by atoms with Crippen molar-refractivity contribution in [2.24, 2.45) is 0 Å². The van der Waals surface area contributed by atoms with Gasteiger partial charge < -0.3 is 14.8 Å². The van der Waals surface area contributed by atoms with Gasteiger partial charge in [0.15, 0.2) is 0 Å². The lowest BCUT2D eigenvalue weighted by Crippen LogP contribution is -2.59. The number of benzene rings is 1. The summed E-state index contributed by atoms with van der Waals surface area (Å²) in [7, 11) is -6.56. The molecule has 0 aliphatic heterocycles. The summed E-state index contributed by atoms with van der Waals surface area (Å²) in [5.41, 5.74) is -0.214. The lowest BCUT2D eigenvalue weighted by molar-refractivity contribution is -0.345. The van der Waals surface area contributed by atoms with E-state index < -0.39 is 64.6 Å². The molecule has 1 unspecified atom stereocenters. The number of carbonyl (C=O) groups is 2. The first kappa shape index (κ1) is 28.3. The summed E-state index contributed by atoms with van der Waals surface area (Å²) in [6.45, 7) is 1.32. The highest BCUT2D eigenvalue weighted by atomic mass is 32.2. The van der Waals surface area contributed by atoms with Crippen molar-refractivity contribution in [3.8, 4) is 0 Å². The maximum atomic E-state index is 13.8. The van der Waals surface area contributed by atoms with Crippen molar-refractivity contribution in [2.75, 3.05) is 11.9 Å². The molecule has 0 heterocycles. The lowest BCUT2D eigenvalue weighted by Gasteiger charge is -2.33. The summed E-state index contributed by atoms with van der Waals surface area (Å²) in [5, 5.41) is -4.21. The van der Waals surface area contributed by atoms with Gasteiger partial charge >= 0.3 is 45.1 Å². The number of carbonyl (C=O) groups excluding carboxylic acids is 2. The third kappa shape index (κ3) is 6.42. The third-order valence-corrected chi connectivity index (χ3v) is 4.75. The van der Waals surface area contributed by atoms with Gasteiger partial charge in [-0.25, -0.2) is 4.79 Å². The molecular weight excluding hydrogens is 495 g/mol. The van der Waals surface area contributed by atoms with Crippen molar-refractivity contribution in [3.05, 3.63) is 43.0 Å². The van der Waals surface area contributed by atoms with Crippen LogP contribution in [0, 0.1) is 0 Å². The summed E-state index contributed by atoms with van der Waals surface area (Å²) in [6.07, 6.45) is -9.05. The Hall–Kier alpha value is -2.72. The Balaban J connectivity index is 3.15. The van der Waals surface area contributed by atoms with Gasteiger partial charge in [0, 0.05) is 18.2 Å². The fourth-order valence-electron chi connectivity index (χ4n) is 2.17. The Kier molecular flexibility index (Phi) is 8.62. The Bertz CT molecular complexity index is 968. The standard InChI is InChI=1S/C17H16F7NO7S/c1-2-12(26)32-15(16(20,21)22,13(27)25-11-7-4-3-5-8-11)31-10-6-9-14(18,19)17(23,24)33(28,29)30/h2-5,7-8H,1,6,9-10H2,(H,25,27)(H,28,29,30). The maximum absolute atomic E-state index is 13.8. The molecular formula is C17H16F7NO7S. The average molecular weight is 511 g/mol. The molecule has 0 bridgehead atoms. The van der Waals surface area contributed by atoms with Crippen LogP contribution in [0.1, 0.15) is 12.8 Å². The molecule has 0 saturated carbocycles. The number of amides is 1. The van der Waals surface area contributed by atoms with E-state index in [2.05, 4.69) is 16.1 Å². The van der Waals surface area contributed by atoms with Crippen molar-refractivity contribution in [1.82, 2.24) is 0 Å². The van der Waals surface area contributed by atoms with E-state index in [9.17, 15) is 48.7 Å². The molecule has 0 aromatic heterocycles. The largest absolute Gasteiger partial charge is 0.466 e. The first-order chi connectivity index (χ1) is 14.9. The van der Waals surface area contributed by atoms with Crippen LogP contribution in [0.3, 0.4) is 0 Å². The van der Waals surface area contributed by atoms with E-state index in [1.165, 1.54) is 18.2 Å². The topological polar surface area (TPSA) is 119 Å². The van der Waals surface area contributed by atoms with E-state index in [0.717, 1.165) is 12.1 Å². The molecule has 1 atom stereocenters. The minimum absolute atomic E-state index is 0.214. The molecule has 1 aromatic carbocycles. The molecule has 0 radical (unpaired) electrons. The summed E-state index contributed by atoms with van der Waals surface area (Å²) >= 11 is 0. The quantitative estimate of drug-likeness (QED) is 0.117. The molecule has 0 saturated heterocycles. The Morgan fingerprint density at radius 2 is 1.61 bits per heavy atom. The fraction of sp³-hybridized carbons (Fsp3) is 0.412. The predicted octanol–water partition coefficient (Wildman–Crippen LogP) is 3.53. The average Bonchev–Trinajstić information content (AvgIpc) is 2.68. The van der Waals surface area contributed by atoms with Crippen LogP contribution >= 0.6 is 0 Å². The van der Waals surface area contributed by atoms with E-state index in [1.54, 1.807) is 5.32 Å². The van der Waals surface area contributed by atoms with Gasteiger partial charge in [-0.05, 0) is 18.6 Å². The first-order valence-corrected chi connectivity index (χ1v) is 10.0. The van der Waals surface area contributed by atoms with Crippen LogP contribution in [-0.2, 0) is 29.2 Å². The van der Waals surface area contributed by atoms with E-state index in [-0.39, 0.29) is 11.8 Å². The molecule has 16 heteroatoms. The molecule has 2 N–H and O–H groups in total. The highest BCUT2D eigenvalue weighted by Crippen LogP contribution is 2.42. The predicted molar refractivity (Wildman–Crippen MR) is 96.8 cm³/mol. The maximum Gasteiger partial charge on any atom is 0.466 e. The second-order valence-corrected chi connectivity index (χ2v) is 7.67. The van der Waals surface area contributed by atoms with Gasteiger partial charge in [0.25, 0.3) is 0 Å². The normalized spacial score (nSPS) is 14.8. The van der Waals surface area contributed by atoms with Crippen LogP contribution in [-0.4, -0.2) is 54.6 Å². The van der Waals surface area contributed by atoms with Crippen LogP contribution in [0.5, 0.6) is 0 Å². The van der Waals surface area contributed by atoms with Crippen LogP contribution in [0.4, 0.5) is 36.4 Å². The third-order valence-electron chi connectivity index (χ3n) is 3.80. The van der Waals surface area contributed by atoms with Gasteiger partial charge in [-0.1, -0.05) is 24.8 Å². The van der Waals surface area contributed by atoms with Gasteiger partial charge in [0.05, 0.1) is 6.61 Å². The van der Waals surface area contributed by atoms with Crippen molar-refractivity contribution in [1.29, 1.82) is 0 Å². The molecule has 1 rings (SSSR count). The Labute approximate surface area is 182 Å². The number of rotatable bonds is 11. The molecule has 0 aliphatic rings. The molecule has 0 spiro atoms. The molecule has 8 nitrogen and oxygen atoms in total. The lowest BCUT2D eigenvalue weighted by atomic mass is 10.2. The van der Waals surface area contributed by atoms with Crippen LogP contribution in [0.15, 0.2) is 43.0 Å². The number of halogens is 7. The molecule has 33 heavy (non-hydrogen) atoms. The second kappa shape index (κ2) is 10.0. The van der Waals surface area contributed by atoms with Gasteiger partial charge in [0.1, 0.15) is 0 Å². The van der Waals surface area contributed by atoms with Crippen LogP contribution in [0.2, 0.25) is 0 Å². The molecule has 1 amide bonds. The number of para-hydroxylation sites is 1. The highest BCUT2D eigenvalue weighted by Gasteiger charge is 2.67. The Morgan fingerprint density at radius 3 is 2.06 bits per heavy atom. The van der Waals surface area contributed by atoms with Crippen molar-refractivity contribution < 1.29 is 62.8 Å². The van der Waals surface area contributed by atoms with E-state index >= 15 is 0 Å². The summed E-state index contributed by atoms with van der Waals surface area (Å²) < 4.78 is 132. The number of alkyl halides is 7. The highest BCUT2D eigenvalue weighted by molar-refractivity contribution is 7.87. The van der Waals surface area contributed by atoms with Crippen LogP contribution < -0.4 is 5.32 Å². The zero-order valence-corrected chi connectivity index (χ0v) is 17.1. The number of hydrogen-bond donors (Lipinski definition) is 2. The first-order valence-electron chi connectivity index (χ1n) is 8.56. The number of esters is 1. The molecule has 0 aliphatic carbocycles. The summed E-state index contributed by atoms with van der Waals surface area (Å²) in [4.78, 5) is 23.8. The monoisotopic (exact) mass is 511 g/mol. The van der Waals surface area contributed by atoms with Crippen molar-refractivity contribution >= 4 is 27.7 Å². The SMILES string of the molecule is C=CC(=O)OC(OCCCC(F)(F)C(F)(F)S(=O)(=O)O)(C(=O)Nc1ccccc1)C(F)(F)F. The summed E-state index contributed by atoms with van der Waals surface area (Å²) in [6, 6.07) is 6.37. The molecule has 0 fully saturated rings. The van der Waals surface area contributed by atoms with Gasteiger partial charge in [-0.3, -0.25) is 9.35 Å². The summed E-state index contributed by atoms with van der Waals surface area (Å²) in [5.74, 6) is -13.8. The van der Waals surface area contributed by atoms with Crippen LogP contribution in [0.25, 0.3) is 0 Å². The second-order valence-electron chi connectivity index (χ2n) is 6.21. The van der Waals surface area contributed by atoms with Crippen molar-refractivity contribution in [3.63, 3.8) is 0 Å². The zero-order chi connectivity index (χ0) is 25.7. The van der Waals surface area contributed by atoms with E-state index in [1.807, 2.05) is 0 Å². The molecule has 186 valence electrons. The zero-order valence-electron chi connectivity index (χ0n) is 16.2. The number of nitrogens with one attached hydrogen (secondary N) is 1. The number of ether oxygens (including phenoxy) is 2. The van der Waals surface area contributed by atoms with E-state index in [4.69, 9.17) is 4.55 Å². The Morgan fingerprint density at radius 1 is 1.06 bits per heavy atom. The number of hydrogen-bond acceptors (Lipinski definition) is 6. The van der Waals surface area contributed by atoms with Crippen molar-refractivity contribution in [2.45, 2.75) is 36.0 Å². The minimum atomic E-state index is -6.56.